The number of thioether (sulfide) groups is 1. The lowest BCUT2D eigenvalue weighted by molar-refractivity contribution is -0.118. The average Bonchev–Trinajstić information content (AvgIpc) is 2.76. The van der Waals surface area contributed by atoms with Gasteiger partial charge in [-0.05, 0) is 17.4 Å². The van der Waals surface area contributed by atoms with E-state index in [0.717, 1.165) is 10.5 Å². The highest BCUT2D eigenvalue weighted by molar-refractivity contribution is 8.00. The van der Waals surface area contributed by atoms with Crippen molar-refractivity contribution in [3.05, 3.63) is 29.3 Å². The monoisotopic (exact) mass is 280 g/mol. The molecule has 1 amide bonds. The van der Waals surface area contributed by atoms with Crippen LogP contribution in [0.3, 0.4) is 0 Å². The Kier molecular flexibility index (Phi) is 4.60. The largest absolute Gasteiger partial charge is 0.349 e. The molecule has 5 heteroatoms. The number of hydrogen-bond donors (Lipinski definition) is 1. The Labute approximate surface area is 115 Å². The third-order valence-corrected chi connectivity index (χ3v) is 4.45. The molecule has 0 aliphatic heterocycles. The van der Waals surface area contributed by atoms with Gasteiger partial charge in [0, 0.05) is 0 Å². The van der Waals surface area contributed by atoms with Gasteiger partial charge in [0.25, 0.3) is 0 Å². The van der Waals surface area contributed by atoms with Crippen molar-refractivity contribution >= 4 is 39.2 Å². The topological polar surface area (TPSA) is 42.0 Å². The number of aromatic nitrogens is 1. The smallest absolute Gasteiger partial charge is 0.230 e. The third kappa shape index (κ3) is 3.71. The van der Waals surface area contributed by atoms with Crippen LogP contribution in [0.1, 0.15) is 18.9 Å². The number of carbonyl (C=O) groups is 1. The van der Waals surface area contributed by atoms with Crippen LogP contribution in [0, 0.1) is 0 Å². The van der Waals surface area contributed by atoms with Crippen LogP contribution in [0.5, 0.6) is 0 Å². The molecule has 2 aromatic rings. The van der Waals surface area contributed by atoms with E-state index < -0.39 is 0 Å². The number of carbonyl (C=O) groups excluding carboxylic acids is 1. The summed E-state index contributed by atoms with van der Waals surface area (Å²) in [6.07, 6.45) is 0. The SMILES string of the molecule is CC(C)SCC(=O)NCc1nc2ccccc2s1. The van der Waals surface area contributed by atoms with Crippen LogP contribution in [-0.4, -0.2) is 21.9 Å². The predicted octanol–water partition coefficient (Wildman–Crippen LogP) is 3.05. The van der Waals surface area contributed by atoms with Crippen LogP contribution in [-0.2, 0) is 11.3 Å². The second kappa shape index (κ2) is 6.20. The zero-order valence-corrected chi connectivity index (χ0v) is 12.1. The fraction of sp³-hybridized carbons (Fsp3) is 0.385. The molecule has 2 rings (SSSR count). The quantitative estimate of drug-likeness (QED) is 0.915. The molecular formula is C13H16N2OS2. The summed E-state index contributed by atoms with van der Waals surface area (Å²) in [5, 5.41) is 4.35. The van der Waals surface area contributed by atoms with Crippen molar-refractivity contribution < 1.29 is 4.79 Å². The van der Waals surface area contributed by atoms with Crippen molar-refractivity contribution in [1.82, 2.24) is 10.3 Å². The van der Waals surface area contributed by atoms with Crippen LogP contribution in [0.15, 0.2) is 24.3 Å². The molecule has 18 heavy (non-hydrogen) atoms. The first-order chi connectivity index (χ1) is 8.65. The standard InChI is InChI=1S/C13H16N2OS2/c1-9(2)17-8-12(16)14-7-13-15-10-5-3-4-6-11(10)18-13/h3-6,9H,7-8H2,1-2H3,(H,14,16). The minimum absolute atomic E-state index is 0.0768. The summed E-state index contributed by atoms with van der Waals surface area (Å²) in [4.78, 5) is 16.1. The molecule has 0 radical (unpaired) electrons. The number of amides is 1. The highest BCUT2D eigenvalue weighted by Gasteiger charge is 2.06. The van der Waals surface area contributed by atoms with E-state index in [1.165, 1.54) is 4.70 Å². The Bertz CT molecular complexity index is 504. The second-order valence-electron chi connectivity index (χ2n) is 4.21. The van der Waals surface area contributed by atoms with Crippen LogP contribution in [0.25, 0.3) is 10.2 Å². The maximum absolute atomic E-state index is 11.6. The van der Waals surface area contributed by atoms with Gasteiger partial charge in [0.15, 0.2) is 0 Å². The summed E-state index contributed by atoms with van der Waals surface area (Å²) >= 11 is 3.28. The van der Waals surface area contributed by atoms with Gasteiger partial charge in [-0.2, -0.15) is 0 Å². The molecule has 1 aromatic carbocycles. The van der Waals surface area contributed by atoms with E-state index in [9.17, 15) is 4.79 Å². The lowest BCUT2D eigenvalue weighted by Crippen LogP contribution is -2.25. The van der Waals surface area contributed by atoms with Crippen LogP contribution < -0.4 is 5.32 Å². The Balaban J connectivity index is 1.88. The molecule has 0 atom stereocenters. The van der Waals surface area contributed by atoms with E-state index in [1.807, 2.05) is 24.3 Å². The molecule has 1 N–H and O–H groups in total. The van der Waals surface area contributed by atoms with Crippen LogP contribution in [0.2, 0.25) is 0 Å². The molecule has 1 aromatic heterocycles. The second-order valence-corrected chi connectivity index (χ2v) is 6.89. The summed E-state index contributed by atoms with van der Waals surface area (Å²) in [5.41, 5.74) is 1.00. The number of thiazole rings is 1. The molecule has 0 aliphatic carbocycles. The zero-order chi connectivity index (χ0) is 13.0. The number of benzene rings is 1. The molecule has 1 heterocycles. The molecule has 96 valence electrons. The molecule has 0 saturated carbocycles. The lowest BCUT2D eigenvalue weighted by atomic mass is 10.3. The molecule has 0 spiro atoms. The predicted molar refractivity (Wildman–Crippen MR) is 79.1 cm³/mol. The molecular weight excluding hydrogens is 264 g/mol. The first-order valence-electron chi connectivity index (χ1n) is 5.88. The Morgan fingerprint density at radius 3 is 2.94 bits per heavy atom. The first-order valence-corrected chi connectivity index (χ1v) is 7.74. The van der Waals surface area contributed by atoms with Gasteiger partial charge in [0.05, 0.1) is 22.5 Å². The fourth-order valence-corrected chi connectivity index (χ4v) is 2.96. The van der Waals surface area contributed by atoms with E-state index in [1.54, 1.807) is 23.1 Å². The Hall–Kier alpha value is -1.07. The van der Waals surface area contributed by atoms with Crippen molar-refractivity contribution in [3.8, 4) is 0 Å². The fourth-order valence-electron chi connectivity index (χ4n) is 1.46. The summed E-state index contributed by atoms with van der Waals surface area (Å²) < 4.78 is 1.17. The van der Waals surface area contributed by atoms with Gasteiger partial charge in [-0.3, -0.25) is 4.79 Å². The van der Waals surface area contributed by atoms with Gasteiger partial charge in [-0.15, -0.1) is 23.1 Å². The minimum atomic E-state index is 0.0768. The van der Waals surface area contributed by atoms with Gasteiger partial charge in [0.2, 0.25) is 5.91 Å². The summed E-state index contributed by atoms with van der Waals surface area (Å²) in [6.45, 7) is 4.70. The van der Waals surface area contributed by atoms with E-state index in [2.05, 4.69) is 24.1 Å². The molecule has 0 fully saturated rings. The van der Waals surface area contributed by atoms with Crippen molar-refractivity contribution in [2.24, 2.45) is 0 Å². The van der Waals surface area contributed by atoms with Crippen LogP contribution in [0.4, 0.5) is 0 Å². The zero-order valence-electron chi connectivity index (χ0n) is 10.5. The molecule has 0 bridgehead atoms. The summed E-state index contributed by atoms with van der Waals surface area (Å²) in [5.74, 6) is 0.593. The Morgan fingerprint density at radius 1 is 1.44 bits per heavy atom. The number of para-hydroxylation sites is 1. The van der Waals surface area contributed by atoms with Gasteiger partial charge < -0.3 is 5.32 Å². The third-order valence-electron chi connectivity index (χ3n) is 2.32. The van der Waals surface area contributed by atoms with Crippen molar-refractivity contribution in [2.45, 2.75) is 25.6 Å². The lowest BCUT2D eigenvalue weighted by Gasteiger charge is -2.04. The van der Waals surface area contributed by atoms with Gasteiger partial charge in [0.1, 0.15) is 5.01 Å². The average molecular weight is 280 g/mol. The number of nitrogens with zero attached hydrogens (tertiary/aromatic N) is 1. The van der Waals surface area contributed by atoms with Gasteiger partial charge in [-0.25, -0.2) is 4.98 Å². The number of hydrogen-bond acceptors (Lipinski definition) is 4. The normalized spacial score (nSPS) is 11.1. The molecule has 3 nitrogen and oxygen atoms in total. The number of rotatable bonds is 5. The minimum Gasteiger partial charge on any atom is -0.349 e. The first kappa shape index (κ1) is 13.4. The number of nitrogens with one attached hydrogen (secondary N) is 1. The molecule has 0 aliphatic rings. The maximum atomic E-state index is 11.6. The van der Waals surface area contributed by atoms with E-state index in [4.69, 9.17) is 0 Å². The highest BCUT2D eigenvalue weighted by atomic mass is 32.2. The molecule has 0 unspecified atom stereocenters. The highest BCUT2D eigenvalue weighted by Crippen LogP contribution is 2.21. The van der Waals surface area contributed by atoms with Gasteiger partial charge in [-0.1, -0.05) is 26.0 Å². The van der Waals surface area contributed by atoms with Crippen molar-refractivity contribution in [1.29, 1.82) is 0 Å². The van der Waals surface area contributed by atoms with Crippen molar-refractivity contribution in [3.63, 3.8) is 0 Å². The van der Waals surface area contributed by atoms with E-state index in [-0.39, 0.29) is 5.91 Å². The summed E-state index contributed by atoms with van der Waals surface area (Å²) in [7, 11) is 0. The van der Waals surface area contributed by atoms with Gasteiger partial charge >= 0.3 is 0 Å². The Morgan fingerprint density at radius 2 is 2.22 bits per heavy atom. The molecule has 0 saturated heterocycles. The van der Waals surface area contributed by atoms with E-state index in [0.29, 0.717) is 17.5 Å². The maximum Gasteiger partial charge on any atom is 0.230 e. The summed E-state index contributed by atoms with van der Waals surface area (Å²) in [6, 6.07) is 8.02. The van der Waals surface area contributed by atoms with Crippen LogP contribution >= 0.6 is 23.1 Å². The van der Waals surface area contributed by atoms with Crippen molar-refractivity contribution in [2.75, 3.05) is 5.75 Å². The van der Waals surface area contributed by atoms with E-state index >= 15 is 0 Å². The number of fused-ring (bicyclic) bond motifs is 1.